The van der Waals surface area contributed by atoms with E-state index in [0.29, 0.717) is 0 Å². The molecular formula is C38H31N. The summed E-state index contributed by atoms with van der Waals surface area (Å²) in [6, 6.07) is 54.5. The van der Waals surface area contributed by atoms with E-state index >= 15 is 0 Å². The summed E-state index contributed by atoms with van der Waals surface area (Å²) in [6.07, 6.45) is 0. The number of benzene rings is 6. The molecule has 6 aromatic rings. The topological polar surface area (TPSA) is 3.24 Å². The largest absolute Gasteiger partial charge is 0.310 e. The quantitative estimate of drug-likeness (QED) is 0.219. The molecule has 0 bridgehead atoms. The van der Waals surface area contributed by atoms with Crippen molar-refractivity contribution in [1.82, 2.24) is 0 Å². The fraction of sp³-hybridized carbons (Fsp3) is 0.0526. The summed E-state index contributed by atoms with van der Waals surface area (Å²) in [4.78, 5) is 2.34. The van der Waals surface area contributed by atoms with Crippen molar-refractivity contribution in [2.75, 3.05) is 4.90 Å². The minimum absolute atomic E-state index is 1.13. The average molecular weight is 502 g/mol. The van der Waals surface area contributed by atoms with Crippen molar-refractivity contribution in [2.45, 2.75) is 13.8 Å². The molecule has 0 radical (unpaired) electrons. The Bertz CT molecular complexity index is 1640. The van der Waals surface area contributed by atoms with Gasteiger partial charge in [-0.15, -0.1) is 0 Å². The van der Waals surface area contributed by atoms with Crippen molar-refractivity contribution < 1.29 is 0 Å². The van der Waals surface area contributed by atoms with Crippen molar-refractivity contribution >= 4 is 17.1 Å². The van der Waals surface area contributed by atoms with Crippen LogP contribution in [0.2, 0.25) is 0 Å². The molecule has 6 rings (SSSR count). The lowest BCUT2D eigenvalue weighted by atomic mass is 9.92. The van der Waals surface area contributed by atoms with Gasteiger partial charge in [-0.1, -0.05) is 120 Å². The van der Waals surface area contributed by atoms with E-state index in [1.54, 1.807) is 0 Å². The van der Waals surface area contributed by atoms with Gasteiger partial charge >= 0.3 is 0 Å². The van der Waals surface area contributed by atoms with Crippen LogP contribution in [0.15, 0.2) is 152 Å². The monoisotopic (exact) mass is 501 g/mol. The minimum atomic E-state index is 1.13. The SMILES string of the molecule is Cc1ccc(N(c2ccc(C)cc2)c2ccc(-c3cccc(-c4ccccc4)c3)c(-c3ccccc3)c2)cc1. The molecule has 0 aliphatic rings. The van der Waals surface area contributed by atoms with E-state index in [2.05, 4.69) is 170 Å². The predicted molar refractivity (Wildman–Crippen MR) is 167 cm³/mol. The number of nitrogens with zero attached hydrogens (tertiary/aromatic N) is 1. The molecule has 39 heavy (non-hydrogen) atoms. The maximum absolute atomic E-state index is 2.34. The van der Waals surface area contributed by atoms with Gasteiger partial charge in [0.15, 0.2) is 0 Å². The standard InChI is InChI=1S/C38H31N/c1-28-16-20-34(21-17-28)39(35-22-18-29(2)19-23-35)36-24-25-37(38(27-36)31-12-7-4-8-13-31)33-15-9-14-32(26-33)30-10-5-3-6-11-30/h3-27H,1-2H3. The lowest BCUT2D eigenvalue weighted by Crippen LogP contribution is -2.10. The van der Waals surface area contributed by atoms with Crippen molar-refractivity contribution in [3.8, 4) is 33.4 Å². The first-order valence-corrected chi connectivity index (χ1v) is 13.4. The Balaban J connectivity index is 1.53. The van der Waals surface area contributed by atoms with Gasteiger partial charge < -0.3 is 4.90 Å². The fourth-order valence-electron chi connectivity index (χ4n) is 5.11. The van der Waals surface area contributed by atoms with Crippen molar-refractivity contribution in [3.05, 3.63) is 163 Å². The maximum atomic E-state index is 2.34. The fourth-order valence-corrected chi connectivity index (χ4v) is 5.11. The van der Waals surface area contributed by atoms with E-state index in [1.165, 1.54) is 44.5 Å². The zero-order valence-electron chi connectivity index (χ0n) is 22.4. The highest BCUT2D eigenvalue weighted by molar-refractivity contribution is 5.89. The van der Waals surface area contributed by atoms with E-state index < -0.39 is 0 Å². The summed E-state index contributed by atoms with van der Waals surface area (Å²) >= 11 is 0. The summed E-state index contributed by atoms with van der Waals surface area (Å²) < 4.78 is 0. The first-order chi connectivity index (χ1) is 19.2. The van der Waals surface area contributed by atoms with Gasteiger partial charge in [-0.05, 0) is 89.7 Å². The normalized spacial score (nSPS) is 10.8. The molecule has 0 saturated carbocycles. The van der Waals surface area contributed by atoms with E-state index in [0.717, 1.165) is 17.1 Å². The zero-order chi connectivity index (χ0) is 26.6. The zero-order valence-corrected chi connectivity index (χ0v) is 22.4. The van der Waals surface area contributed by atoms with Crippen molar-refractivity contribution in [3.63, 3.8) is 0 Å². The molecule has 0 amide bonds. The van der Waals surface area contributed by atoms with Gasteiger partial charge in [0.2, 0.25) is 0 Å². The maximum Gasteiger partial charge on any atom is 0.0468 e. The Morgan fingerprint density at radius 2 is 0.821 bits per heavy atom. The molecule has 1 nitrogen and oxygen atoms in total. The molecule has 6 aromatic carbocycles. The Kier molecular flexibility index (Phi) is 6.80. The van der Waals surface area contributed by atoms with Crippen LogP contribution >= 0.6 is 0 Å². The number of hydrogen-bond acceptors (Lipinski definition) is 1. The van der Waals surface area contributed by atoms with Crippen LogP contribution in [0, 0.1) is 13.8 Å². The van der Waals surface area contributed by atoms with E-state index in [1.807, 2.05) is 0 Å². The summed E-state index contributed by atoms with van der Waals surface area (Å²) in [5.41, 5.74) is 13.2. The minimum Gasteiger partial charge on any atom is -0.310 e. The summed E-state index contributed by atoms with van der Waals surface area (Å²) in [5.74, 6) is 0. The van der Waals surface area contributed by atoms with Gasteiger partial charge in [-0.3, -0.25) is 0 Å². The third kappa shape index (κ3) is 5.26. The van der Waals surface area contributed by atoms with E-state index in [-0.39, 0.29) is 0 Å². The van der Waals surface area contributed by atoms with Gasteiger partial charge in [0.05, 0.1) is 0 Å². The van der Waals surface area contributed by atoms with Crippen molar-refractivity contribution in [1.29, 1.82) is 0 Å². The highest BCUT2D eigenvalue weighted by Gasteiger charge is 2.16. The molecule has 0 aromatic heterocycles. The lowest BCUT2D eigenvalue weighted by Gasteiger charge is -2.27. The molecule has 1 heteroatoms. The second-order valence-electron chi connectivity index (χ2n) is 10.0. The van der Waals surface area contributed by atoms with Gasteiger partial charge in [-0.25, -0.2) is 0 Å². The van der Waals surface area contributed by atoms with Crippen LogP contribution in [0.3, 0.4) is 0 Å². The molecule has 0 aliphatic carbocycles. The van der Waals surface area contributed by atoms with Crippen LogP contribution in [-0.4, -0.2) is 0 Å². The smallest absolute Gasteiger partial charge is 0.0468 e. The molecule has 188 valence electrons. The highest BCUT2D eigenvalue weighted by atomic mass is 15.1. The molecule has 0 aliphatic heterocycles. The molecule has 0 N–H and O–H groups in total. The molecule has 0 fully saturated rings. The Morgan fingerprint density at radius 1 is 0.333 bits per heavy atom. The Hall–Kier alpha value is -4.88. The molecule has 0 unspecified atom stereocenters. The second-order valence-corrected chi connectivity index (χ2v) is 10.0. The van der Waals surface area contributed by atoms with Crippen LogP contribution < -0.4 is 4.90 Å². The Labute approximate surface area is 231 Å². The van der Waals surface area contributed by atoms with Gasteiger partial charge in [0, 0.05) is 17.1 Å². The first-order valence-electron chi connectivity index (χ1n) is 13.4. The number of anilines is 3. The summed E-state index contributed by atoms with van der Waals surface area (Å²) in [7, 11) is 0. The van der Waals surface area contributed by atoms with Crippen molar-refractivity contribution in [2.24, 2.45) is 0 Å². The van der Waals surface area contributed by atoms with Crippen LogP contribution in [0.4, 0.5) is 17.1 Å². The molecule has 0 heterocycles. The Morgan fingerprint density at radius 3 is 1.41 bits per heavy atom. The van der Waals surface area contributed by atoms with Crippen LogP contribution in [-0.2, 0) is 0 Å². The third-order valence-corrected chi connectivity index (χ3v) is 7.21. The van der Waals surface area contributed by atoms with Gasteiger partial charge in [-0.2, -0.15) is 0 Å². The van der Waals surface area contributed by atoms with Gasteiger partial charge in [0.1, 0.15) is 0 Å². The summed E-state index contributed by atoms with van der Waals surface area (Å²) in [5, 5.41) is 0. The van der Waals surface area contributed by atoms with E-state index in [9.17, 15) is 0 Å². The molecular weight excluding hydrogens is 470 g/mol. The average Bonchev–Trinajstić information content (AvgIpc) is 3.00. The van der Waals surface area contributed by atoms with E-state index in [4.69, 9.17) is 0 Å². The lowest BCUT2D eigenvalue weighted by molar-refractivity contribution is 1.27. The second kappa shape index (κ2) is 10.8. The van der Waals surface area contributed by atoms with Crippen LogP contribution in [0.25, 0.3) is 33.4 Å². The molecule has 0 spiro atoms. The number of aryl methyl sites for hydroxylation is 2. The third-order valence-electron chi connectivity index (χ3n) is 7.21. The first kappa shape index (κ1) is 24.5. The molecule has 0 atom stereocenters. The molecule has 0 saturated heterocycles. The van der Waals surface area contributed by atoms with Crippen LogP contribution in [0.1, 0.15) is 11.1 Å². The summed E-state index contributed by atoms with van der Waals surface area (Å²) in [6.45, 7) is 4.26. The number of hydrogen-bond donors (Lipinski definition) is 0. The predicted octanol–water partition coefficient (Wildman–Crippen LogP) is 10.8. The number of rotatable bonds is 6. The van der Waals surface area contributed by atoms with Gasteiger partial charge in [0.25, 0.3) is 0 Å². The van der Waals surface area contributed by atoms with Crippen LogP contribution in [0.5, 0.6) is 0 Å². The highest BCUT2D eigenvalue weighted by Crippen LogP contribution is 2.41.